The Kier molecular flexibility index (Phi) is 6.37. The van der Waals surface area contributed by atoms with Gasteiger partial charge in [-0.3, -0.25) is 0 Å². The van der Waals surface area contributed by atoms with E-state index in [1.165, 1.54) is 0 Å². The number of aromatic nitrogens is 2. The van der Waals surface area contributed by atoms with Gasteiger partial charge in [0.1, 0.15) is 5.82 Å². The number of hydrogen-bond donors (Lipinski definition) is 1. The van der Waals surface area contributed by atoms with E-state index in [4.69, 9.17) is 14.7 Å². The fourth-order valence-electron chi connectivity index (χ4n) is 3.01. The average Bonchev–Trinajstić information content (AvgIpc) is 2.72. The van der Waals surface area contributed by atoms with E-state index < -0.39 is 0 Å². The summed E-state index contributed by atoms with van der Waals surface area (Å²) in [6.45, 7) is 6.32. The maximum atomic E-state index is 11.8. The van der Waals surface area contributed by atoms with Crippen LogP contribution in [0.4, 0.5) is 11.5 Å². The zero-order chi connectivity index (χ0) is 19.9. The topological polar surface area (TPSA) is 64.1 Å². The van der Waals surface area contributed by atoms with E-state index in [1.54, 1.807) is 19.1 Å². The number of carbonyl (C=O) groups excluding carboxylic acids is 1. The van der Waals surface area contributed by atoms with Crippen LogP contribution in [-0.2, 0) is 11.2 Å². The zero-order valence-corrected chi connectivity index (χ0v) is 16.5. The van der Waals surface area contributed by atoms with Crippen molar-refractivity contribution in [1.82, 2.24) is 9.97 Å². The highest BCUT2D eigenvalue weighted by molar-refractivity contribution is 5.89. The molecule has 1 aromatic heterocycles. The summed E-state index contributed by atoms with van der Waals surface area (Å²) in [6.07, 6.45) is 1.90. The molecule has 0 fully saturated rings. The van der Waals surface area contributed by atoms with Crippen molar-refractivity contribution in [1.29, 1.82) is 0 Å². The van der Waals surface area contributed by atoms with Gasteiger partial charge in [0.15, 0.2) is 5.82 Å². The van der Waals surface area contributed by atoms with Crippen molar-refractivity contribution in [2.75, 3.05) is 11.9 Å². The van der Waals surface area contributed by atoms with Crippen LogP contribution < -0.4 is 5.32 Å². The lowest BCUT2D eigenvalue weighted by molar-refractivity contribution is 0.0526. The molecule has 0 bridgehead atoms. The second-order valence-corrected chi connectivity index (χ2v) is 6.50. The number of nitrogens with one attached hydrogen (secondary N) is 1. The third-order valence-electron chi connectivity index (χ3n) is 4.40. The van der Waals surface area contributed by atoms with Gasteiger partial charge >= 0.3 is 5.97 Å². The minimum absolute atomic E-state index is 0.315. The Balaban J connectivity index is 1.93. The van der Waals surface area contributed by atoms with Crippen LogP contribution >= 0.6 is 0 Å². The first-order valence-electron chi connectivity index (χ1n) is 9.59. The van der Waals surface area contributed by atoms with E-state index >= 15 is 0 Å². The summed E-state index contributed by atoms with van der Waals surface area (Å²) < 4.78 is 5.04. The highest BCUT2D eigenvalue weighted by atomic mass is 16.5. The highest BCUT2D eigenvalue weighted by Crippen LogP contribution is 2.26. The second kappa shape index (κ2) is 9.13. The molecule has 0 unspecified atom stereocenters. The summed E-state index contributed by atoms with van der Waals surface area (Å²) in [5.41, 5.74) is 4.46. The predicted octanol–water partition coefficient (Wildman–Crippen LogP) is 5.32. The molecule has 0 aliphatic heterocycles. The van der Waals surface area contributed by atoms with Crippen molar-refractivity contribution in [3.8, 4) is 11.4 Å². The fraction of sp³-hybridized carbons (Fsp3) is 0.261. The van der Waals surface area contributed by atoms with Gasteiger partial charge in [0.2, 0.25) is 0 Å². The Morgan fingerprint density at radius 3 is 2.36 bits per heavy atom. The third-order valence-corrected chi connectivity index (χ3v) is 4.40. The molecule has 0 saturated heterocycles. The summed E-state index contributed by atoms with van der Waals surface area (Å²) >= 11 is 0. The Morgan fingerprint density at radius 1 is 1.00 bits per heavy atom. The first-order chi connectivity index (χ1) is 13.6. The zero-order valence-electron chi connectivity index (χ0n) is 16.5. The van der Waals surface area contributed by atoms with Crippen LogP contribution in [0.2, 0.25) is 0 Å². The van der Waals surface area contributed by atoms with E-state index in [0.717, 1.165) is 41.2 Å². The van der Waals surface area contributed by atoms with Crippen molar-refractivity contribution >= 4 is 17.5 Å². The molecule has 5 nitrogen and oxygen atoms in total. The second-order valence-electron chi connectivity index (χ2n) is 6.50. The Morgan fingerprint density at radius 2 is 1.71 bits per heavy atom. The normalized spacial score (nSPS) is 10.5. The average molecular weight is 375 g/mol. The van der Waals surface area contributed by atoms with Crippen LogP contribution in [0, 0.1) is 6.92 Å². The van der Waals surface area contributed by atoms with E-state index in [2.05, 4.69) is 12.2 Å². The van der Waals surface area contributed by atoms with Crippen molar-refractivity contribution in [2.24, 2.45) is 0 Å². The molecule has 5 heteroatoms. The van der Waals surface area contributed by atoms with E-state index in [0.29, 0.717) is 18.0 Å². The van der Waals surface area contributed by atoms with Gasteiger partial charge in [-0.15, -0.1) is 0 Å². The Hall–Kier alpha value is -3.21. The number of nitrogens with zero attached hydrogens (tertiary/aromatic N) is 2. The van der Waals surface area contributed by atoms with Crippen LogP contribution in [0.1, 0.15) is 41.9 Å². The SMILES string of the molecule is CCCc1c(C)nc(-c2ccccc2)nc1Nc1ccc(C(=O)OCC)cc1. The van der Waals surface area contributed by atoms with Gasteiger partial charge < -0.3 is 10.1 Å². The molecule has 28 heavy (non-hydrogen) atoms. The van der Waals surface area contributed by atoms with Crippen molar-refractivity contribution in [2.45, 2.75) is 33.6 Å². The quantitative estimate of drug-likeness (QED) is 0.566. The molecule has 0 spiro atoms. The molecule has 0 saturated carbocycles. The third kappa shape index (κ3) is 4.55. The van der Waals surface area contributed by atoms with E-state index in [1.807, 2.05) is 49.4 Å². The molecule has 0 amide bonds. The monoisotopic (exact) mass is 375 g/mol. The molecule has 1 N–H and O–H groups in total. The van der Waals surface area contributed by atoms with E-state index in [9.17, 15) is 4.79 Å². The summed E-state index contributed by atoms with van der Waals surface area (Å²) in [6, 6.07) is 17.2. The number of ether oxygens (including phenoxy) is 1. The van der Waals surface area contributed by atoms with Gasteiger partial charge in [0.05, 0.1) is 12.2 Å². The Bertz CT molecular complexity index is 938. The minimum atomic E-state index is -0.315. The number of benzene rings is 2. The number of aryl methyl sites for hydroxylation is 1. The molecule has 2 aromatic carbocycles. The van der Waals surface area contributed by atoms with Crippen LogP contribution in [0.15, 0.2) is 54.6 Å². The lowest BCUT2D eigenvalue weighted by atomic mass is 10.1. The van der Waals surface area contributed by atoms with Crippen molar-refractivity contribution in [3.05, 3.63) is 71.4 Å². The molecule has 3 aromatic rings. The summed E-state index contributed by atoms with van der Waals surface area (Å²) in [4.78, 5) is 21.3. The van der Waals surface area contributed by atoms with Gasteiger partial charge in [-0.05, 0) is 44.5 Å². The molecule has 1 heterocycles. The van der Waals surface area contributed by atoms with Crippen LogP contribution in [-0.4, -0.2) is 22.5 Å². The number of carbonyl (C=O) groups is 1. The maximum Gasteiger partial charge on any atom is 0.338 e. The number of esters is 1. The summed E-state index contributed by atoms with van der Waals surface area (Å²) in [5, 5.41) is 3.40. The molecule has 0 radical (unpaired) electrons. The van der Waals surface area contributed by atoms with Gasteiger partial charge in [-0.2, -0.15) is 0 Å². The first-order valence-corrected chi connectivity index (χ1v) is 9.59. The van der Waals surface area contributed by atoms with E-state index in [-0.39, 0.29) is 5.97 Å². The van der Waals surface area contributed by atoms with Gasteiger partial charge in [-0.25, -0.2) is 14.8 Å². The fourth-order valence-corrected chi connectivity index (χ4v) is 3.01. The molecule has 0 atom stereocenters. The number of rotatable bonds is 7. The standard InChI is InChI=1S/C23H25N3O2/c1-4-9-20-16(3)24-21(17-10-7-6-8-11-17)26-22(20)25-19-14-12-18(13-15-19)23(27)28-5-2/h6-8,10-15H,4-5,9H2,1-3H3,(H,24,25,26). The smallest absolute Gasteiger partial charge is 0.338 e. The van der Waals surface area contributed by atoms with Gasteiger partial charge in [-0.1, -0.05) is 43.7 Å². The van der Waals surface area contributed by atoms with Crippen molar-refractivity contribution < 1.29 is 9.53 Å². The molecular weight excluding hydrogens is 350 g/mol. The largest absolute Gasteiger partial charge is 0.462 e. The van der Waals surface area contributed by atoms with Gasteiger partial charge in [0, 0.05) is 22.5 Å². The first kappa shape index (κ1) is 19.5. The molecular formula is C23H25N3O2. The number of hydrogen-bond acceptors (Lipinski definition) is 5. The van der Waals surface area contributed by atoms with Crippen LogP contribution in [0.5, 0.6) is 0 Å². The minimum Gasteiger partial charge on any atom is -0.462 e. The summed E-state index contributed by atoms with van der Waals surface area (Å²) in [5.74, 6) is 1.19. The molecule has 144 valence electrons. The van der Waals surface area contributed by atoms with Crippen LogP contribution in [0.25, 0.3) is 11.4 Å². The lowest BCUT2D eigenvalue weighted by Crippen LogP contribution is -2.07. The Labute approximate surface area is 165 Å². The predicted molar refractivity (Wildman–Crippen MR) is 112 cm³/mol. The molecule has 0 aliphatic carbocycles. The lowest BCUT2D eigenvalue weighted by Gasteiger charge is -2.15. The van der Waals surface area contributed by atoms with Crippen LogP contribution in [0.3, 0.4) is 0 Å². The summed E-state index contributed by atoms with van der Waals surface area (Å²) in [7, 11) is 0. The number of anilines is 2. The highest BCUT2D eigenvalue weighted by Gasteiger charge is 2.13. The molecule has 0 aliphatic rings. The van der Waals surface area contributed by atoms with Crippen molar-refractivity contribution in [3.63, 3.8) is 0 Å². The molecule has 3 rings (SSSR count). The maximum absolute atomic E-state index is 11.8. The van der Waals surface area contributed by atoms with Gasteiger partial charge in [0.25, 0.3) is 0 Å².